The number of ketones is 1. The number of thiazole rings is 1. The number of Topliss-reactive ketones (excluding diaryl/α,β-unsaturated/α-hetero) is 1. The molecule has 0 aliphatic carbocycles. The van der Waals surface area contributed by atoms with E-state index in [1.807, 2.05) is 13.0 Å². The van der Waals surface area contributed by atoms with Crippen molar-refractivity contribution in [3.05, 3.63) is 71.3 Å². The summed E-state index contributed by atoms with van der Waals surface area (Å²) in [4.78, 5) is 33.2. The van der Waals surface area contributed by atoms with Crippen LogP contribution in [0.1, 0.15) is 31.0 Å². The van der Waals surface area contributed by atoms with E-state index in [1.54, 1.807) is 49.4 Å². The number of benzene rings is 3. The minimum absolute atomic E-state index is 0.0946. The van der Waals surface area contributed by atoms with Crippen molar-refractivity contribution in [3.63, 3.8) is 0 Å². The highest BCUT2D eigenvalue weighted by Gasteiger charge is 2.48. The van der Waals surface area contributed by atoms with Gasteiger partial charge in [0.05, 0.1) is 35.0 Å². The molecule has 1 amide bonds. The lowest BCUT2D eigenvalue weighted by Crippen LogP contribution is -2.29. The number of aromatic nitrogens is 1. The number of aliphatic hydroxyl groups is 1. The molecule has 0 radical (unpaired) electrons. The van der Waals surface area contributed by atoms with E-state index in [9.17, 15) is 19.8 Å². The summed E-state index contributed by atoms with van der Waals surface area (Å²) >= 11 is 1.22. The Labute approximate surface area is 239 Å². The Morgan fingerprint density at radius 2 is 1.78 bits per heavy atom. The number of carbonyl (C=O) groups excluding carboxylic acids is 2. The minimum Gasteiger partial charge on any atom is -0.507 e. The van der Waals surface area contributed by atoms with Crippen LogP contribution >= 0.6 is 11.3 Å². The fourth-order valence-electron chi connectivity index (χ4n) is 4.92. The molecule has 1 unspecified atom stereocenters. The molecular weight excluding hydrogens is 548 g/mol. The quantitative estimate of drug-likeness (QED) is 0.174. The molecule has 0 spiro atoms. The van der Waals surface area contributed by atoms with E-state index < -0.39 is 17.7 Å². The molecule has 3 aromatic carbocycles. The third kappa shape index (κ3) is 4.67. The highest BCUT2D eigenvalue weighted by Crippen LogP contribution is 2.46. The predicted molar refractivity (Wildman–Crippen MR) is 152 cm³/mol. The third-order valence-electron chi connectivity index (χ3n) is 6.73. The van der Waals surface area contributed by atoms with Gasteiger partial charge in [-0.15, -0.1) is 0 Å². The summed E-state index contributed by atoms with van der Waals surface area (Å²) < 4.78 is 23.2. The minimum atomic E-state index is -1.06. The Morgan fingerprint density at radius 3 is 2.56 bits per heavy atom. The van der Waals surface area contributed by atoms with Gasteiger partial charge in [-0.1, -0.05) is 17.4 Å². The van der Waals surface area contributed by atoms with Crippen LogP contribution in [0.25, 0.3) is 16.0 Å². The van der Waals surface area contributed by atoms with E-state index in [0.717, 1.165) is 4.70 Å². The molecule has 10 nitrogen and oxygen atoms in total. The number of nitrogens with zero attached hydrogens (tertiary/aromatic N) is 2. The van der Waals surface area contributed by atoms with Gasteiger partial charge in [-0.05, 0) is 67.9 Å². The zero-order valence-electron chi connectivity index (χ0n) is 22.2. The molecular formula is C30H26N2O8S. The van der Waals surface area contributed by atoms with Gasteiger partial charge >= 0.3 is 5.91 Å². The van der Waals surface area contributed by atoms with Gasteiger partial charge in [0, 0.05) is 5.56 Å². The van der Waals surface area contributed by atoms with Crippen molar-refractivity contribution in [3.8, 4) is 28.7 Å². The molecule has 0 bridgehead atoms. The molecule has 11 heteroatoms. The van der Waals surface area contributed by atoms with E-state index in [4.69, 9.17) is 18.9 Å². The number of aliphatic hydroxyl groups excluding tert-OH is 1. The average molecular weight is 575 g/mol. The van der Waals surface area contributed by atoms with E-state index >= 15 is 0 Å². The number of amides is 1. The maximum Gasteiger partial charge on any atom is 0.301 e. The molecule has 6 rings (SSSR count). The molecule has 1 fully saturated rings. The summed E-state index contributed by atoms with van der Waals surface area (Å²) in [5.74, 6) is -0.405. The molecule has 3 heterocycles. The molecule has 4 aromatic rings. The number of hydrogen-bond donors (Lipinski definition) is 2. The second-order valence-corrected chi connectivity index (χ2v) is 10.3. The van der Waals surface area contributed by atoms with E-state index in [-0.39, 0.29) is 40.1 Å². The molecule has 2 aliphatic rings. The SMILES string of the molecule is CCOc1ccc2nc(N3C(=O)C(=O)C(=C(O)c4ccc5c(c4)OCCO5)C3c3ccc(O)c(OCC)c3)sc2c1. The number of aromatic hydroxyl groups is 1. The zero-order valence-corrected chi connectivity index (χ0v) is 23.1. The van der Waals surface area contributed by atoms with Crippen molar-refractivity contribution in [2.45, 2.75) is 19.9 Å². The Bertz CT molecular complexity index is 1710. The van der Waals surface area contributed by atoms with Gasteiger partial charge in [0.15, 0.2) is 28.1 Å². The monoisotopic (exact) mass is 574 g/mol. The van der Waals surface area contributed by atoms with Crippen LogP contribution < -0.4 is 23.8 Å². The summed E-state index contributed by atoms with van der Waals surface area (Å²) in [5.41, 5.74) is 1.22. The maximum absolute atomic E-state index is 13.6. The Kier molecular flexibility index (Phi) is 6.88. The summed E-state index contributed by atoms with van der Waals surface area (Å²) in [6.45, 7) is 5.19. The van der Waals surface area contributed by atoms with Crippen LogP contribution in [0.15, 0.2) is 60.2 Å². The Morgan fingerprint density at radius 1 is 1.00 bits per heavy atom. The van der Waals surface area contributed by atoms with Crippen LogP contribution in [0.2, 0.25) is 0 Å². The zero-order chi connectivity index (χ0) is 28.7. The van der Waals surface area contributed by atoms with Crippen LogP contribution in [-0.2, 0) is 9.59 Å². The lowest BCUT2D eigenvalue weighted by atomic mass is 9.95. The number of rotatable bonds is 7. The number of phenolic OH excluding ortho intramolecular Hbond substituents is 1. The summed E-state index contributed by atoms with van der Waals surface area (Å²) in [5, 5.41) is 22.2. The lowest BCUT2D eigenvalue weighted by molar-refractivity contribution is -0.132. The lowest BCUT2D eigenvalue weighted by Gasteiger charge is -2.24. The van der Waals surface area contributed by atoms with Gasteiger partial charge in [-0.25, -0.2) is 4.98 Å². The molecule has 41 heavy (non-hydrogen) atoms. The van der Waals surface area contributed by atoms with Crippen LogP contribution in [0, 0.1) is 0 Å². The number of anilines is 1. The van der Waals surface area contributed by atoms with Gasteiger partial charge in [0.1, 0.15) is 24.7 Å². The second kappa shape index (κ2) is 10.7. The van der Waals surface area contributed by atoms with Crippen LogP contribution in [0.3, 0.4) is 0 Å². The fourth-order valence-corrected chi connectivity index (χ4v) is 5.94. The first-order valence-corrected chi connectivity index (χ1v) is 13.9. The van der Waals surface area contributed by atoms with Gasteiger partial charge in [-0.3, -0.25) is 14.5 Å². The number of phenols is 1. The largest absolute Gasteiger partial charge is 0.507 e. The fraction of sp³-hybridized carbons (Fsp3) is 0.233. The molecule has 210 valence electrons. The normalized spacial score (nSPS) is 17.7. The van der Waals surface area contributed by atoms with Crippen LogP contribution in [-0.4, -0.2) is 53.3 Å². The maximum atomic E-state index is 13.6. The third-order valence-corrected chi connectivity index (χ3v) is 7.74. The standard InChI is InChI=1S/C30H26N2O8S/c1-3-37-18-7-8-19-24(15-18)41-30(31-19)32-26(16-5-9-20(33)22(13-16)38-4-2)25(28(35)29(32)36)27(34)17-6-10-21-23(14-17)40-12-11-39-21/h5-10,13-15,26,33-34H,3-4,11-12H2,1-2H3. The highest BCUT2D eigenvalue weighted by molar-refractivity contribution is 7.22. The van der Waals surface area contributed by atoms with Crippen LogP contribution in [0.5, 0.6) is 28.7 Å². The first kappa shape index (κ1) is 26.5. The highest BCUT2D eigenvalue weighted by atomic mass is 32.1. The van der Waals surface area contributed by atoms with E-state index in [1.165, 1.54) is 22.3 Å². The van der Waals surface area contributed by atoms with Crippen molar-refractivity contribution in [1.82, 2.24) is 4.98 Å². The van der Waals surface area contributed by atoms with Crippen molar-refractivity contribution in [2.24, 2.45) is 0 Å². The summed E-state index contributed by atoms with van der Waals surface area (Å²) in [6.07, 6.45) is 0. The molecule has 1 atom stereocenters. The summed E-state index contributed by atoms with van der Waals surface area (Å²) in [7, 11) is 0. The van der Waals surface area contributed by atoms with E-state index in [2.05, 4.69) is 4.98 Å². The topological polar surface area (TPSA) is 128 Å². The molecule has 2 aliphatic heterocycles. The Hall–Kier alpha value is -4.77. The smallest absolute Gasteiger partial charge is 0.301 e. The molecule has 0 saturated carbocycles. The van der Waals surface area contributed by atoms with Gasteiger partial charge < -0.3 is 29.2 Å². The molecule has 1 aromatic heterocycles. The van der Waals surface area contributed by atoms with Crippen LogP contribution in [0.4, 0.5) is 5.13 Å². The molecule has 2 N–H and O–H groups in total. The number of carbonyl (C=O) groups is 2. The first-order valence-electron chi connectivity index (χ1n) is 13.1. The van der Waals surface area contributed by atoms with Crippen molar-refractivity contribution < 1.29 is 38.7 Å². The number of ether oxygens (including phenoxy) is 4. The second-order valence-electron chi connectivity index (χ2n) is 9.25. The number of fused-ring (bicyclic) bond motifs is 2. The predicted octanol–water partition coefficient (Wildman–Crippen LogP) is 5.20. The van der Waals surface area contributed by atoms with E-state index in [0.29, 0.717) is 48.1 Å². The summed E-state index contributed by atoms with van der Waals surface area (Å²) in [6, 6.07) is 13.7. The van der Waals surface area contributed by atoms with Gasteiger partial charge in [0.25, 0.3) is 5.78 Å². The van der Waals surface area contributed by atoms with Gasteiger partial charge in [0.2, 0.25) is 0 Å². The first-order chi connectivity index (χ1) is 19.9. The molecule has 1 saturated heterocycles. The van der Waals surface area contributed by atoms with Crippen molar-refractivity contribution >= 4 is 44.1 Å². The van der Waals surface area contributed by atoms with Crippen molar-refractivity contribution in [1.29, 1.82) is 0 Å². The van der Waals surface area contributed by atoms with Crippen molar-refractivity contribution in [2.75, 3.05) is 31.3 Å². The van der Waals surface area contributed by atoms with Gasteiger partial charge in [-0.2, -0.15) is 0 Å². The number of hydrogen-bond acceptors (Lipinski definition) is 10. The Balaban J connectivity index is 1.53. The average Bonchev–Trinajstić information content (AvgIpc) is 3.51.